The first kappa shape index (κ1) is 16.3. The molecule has 2 aromatic rings. The van der Waals surface area contributed by atoms with Crippen molar-refractivity contribution in [3.63, 3.8) is 0 Å². The fraction of sp³-hybridized carbons (Fsp3) is 0.250. The Hall–Kier alpha value is -1.07. The van der Waals surface area contributed by atoms with Gasteiger partial charge < -0.3 is 9.47 Å². The highest BCUT2D eigenvalue weighted by molar-refractivity contribution is 9.11. The average molecular weight is 418 g/mol. The number of hydrogen-bond acceptors (Lipinski definition) is 2. The molecule has 0 radical (unpaired) electrons. The predicted molar refractivity (Wildman–Crippen MR) is 89.2 cm³/mol. The molecule has 0 amide bonds. The maximum Gasteiger partial charge on any atom is 0.161 e. The summed E-state index contributed by atoms with van der Waals surface area (Å²) in [4.78, 5) is -0.0766. The highest BCUT2D eigenvalue weighted by Gasteiger charge is 2.19. The van der Waals surface area contributed by atoms with Crippen LogP contribution in [-0.4, -0.2) is 14.2 Å². The van der Waals surface area contributed by atoms with Crippen molar-refractivity contribution in [3.8, 4) is 11.5 Å². The van der Waals surface area contributed by atoms with Crippen molar-refractivity contribution in [3.05, 3.63) is 57.3 Å². The summed E-state index contributed by atoms with van der Waals surface area (Å²) >= 11 is 7.09. The Kier molecular flexibility index (Phi) is 5.27. The highest BCUT2D eigenvalue weighted by atomic mass is 79.9. The third-order valence-corrected chi connectivity index (χ3v) is 4.95. The number of hydrogen-bond donors (Lipinski definition) is 0. The molecule has 0 aliphatic carbocycles. The zero-order valence-corrected chi connectivity index (χ0v) is 15.1. The number of methoxy groups -OCH3 is 2. The van der Waals surface area contributed by atoms with Crippen molar-refractivity contribution in [2.24, 2.45) is 0 Å². The van der Waals surface area contributed by atoms with Crippen LogP contribution in [0, 0.1) is 12.7 Å². The van der Waals surface area contributed by atoms with Crippen LogP contribution in [-0.2, 0) is 0 Å². The zero-order valence-electron chi connectivity index (χ0n) is 11.9. The van der Waals surface area contributed by atoms with Crippen LogP contribution in [0.1, 0.15) is 21.5 Å². The number of rotatable bonds is 4. The second-order valence-corrected chi connectivity index (χ2v) is 6.36. The quantitative estimate of drug-likeness (QED) is 0.620. The van der Waals surface area contributed by atoms with Gasteiger partial charge in [-0.25, -0.2) is 4.39 Å². The van der Waals surface area contributed by atoms with Crippen LogP contribution in [0.3, 0.4) is 0 Å². The molecule has 0 bridgehead atoms. The van der Waals surface area contributed by atoms with E-state index in [2.05, 4.69) is 31.9 Å². The van der Waals surface area contributed by atoms with Gasteiger partial charge in [0.1, 0.15) is 5.82 Å². The van der Waals surface area contributed by atoms with E-state index in [0.717, 1.165) is 21.2 Å². The Bertz CT molecular complexity index is 659. The van der Waals surface area contributed by atoms with E-state index in [0.29, 0.717) is 11.5 Å². The van der Waals surface area contributed by atoms with Crippen LogP contribution in [0.15, 0.2) is 34.8 Å². The molecule has 0 saturated carbocycles. The van der Waals surface area contributed by atoms with Gasteiger partial charge in [-0.3, -0.25) is 0 Å². The molecule has 0 heterocycles. The maximum atomic E-state index is 13.2. The number of aryl methyl sites for hydroxylation is 1. The lowest BCUT2D eigenvalue weighted by atomic mass is 9.99. The van der Waals surface area contributed by atoms with Gasteiger partial charge in [0.25, 0.3) is 0 Å². The van der Waals surface area contributed by atoms with E-state index in [1.165, 1.54) is 12.1 Å². The lowest BCUT2D eigenvalue weighted by Crippen LogP contribution is -2.00. The molecule has 0 aromatic heterocycles. The summed E-state index contributed by atoms with van der Waals surface area (Å²) in [7, 11) is 3.22. The molecule has 0 spiro atoms. The normalized spacial score (nSPS) is 12.1. The first-order valence-corrected chi connectivity index (χ1v) is 8.00. The van der Waals surface area contributed by atoms with E-state index in [-0.39, 0.29) is 10.6 Å². The van der Waals surface area contributed by atoms with Gasteiger partial charge in [0.05, 0.1) is 19.0 Å². The van der Waals surface area contributed by atoms with Crippen molar-refractivity contribution in [2.75, 3.05) is 14.2 Å². The molecular weight excluding hydrogens is 403 g/mol. The Labute approximate surface area is 140 Å². The monoisotopic (exact) mass is 416 g/mol. The van der Waals surface area contributed by atoms with Gasteiger partial charge in [-0.2, -0.15) is 0 Å². The summed E-state index contributed by atoms with van der Waals surface area (Å²) in [5, 5.41) is 0. The first-order valence-electron chi connectivity index (χ1n) is 6.29. The average Bonchev–Trinajstić information content (AvgIpc) is 2.46. The van der Waals surface area contributed by atoms with Crippen molar-refractivity contribution in [2.45, 2.75) is 11.8 Å². The topological polar surface area (TPSA) is 18.5 Å². The number of halogens is 3. The Morgan fingerprint density at radius 2 is 1.62 bits per heavy atom. The Morgan fingerprint density at radius 3 is 2.19 bits per heavy atom. The molecule has 2 nitrogen and oxygen atoms in total. The molecule has 1 atom stereocenters. The predicted octanol–water partition coefficient (Wildman–Crippen LogP) is 5.40. The second-order valence-electron chi connectivity index (χ2n) is 4.59. The molecule has 112 valence electrons. The van der Waals surface area contributed by atoms with Crippen LogP contribution in [0.4, 0.5) is 4.39 Å². The van der Waals surface area contributed by atoms with Crippen LogP contribution in [0.2, 0.25) is 0 Å². The number of benzene rings is 2. The van der Waals surface area contributed by atoms with Crippen LogP contribution in [0.5, 0.6) is 11.5 Å². The van der Waals surface area contributed by atoms with Crippen molar-refractivity contribution < 1.29 is 13.9 Å². The molecule has 0 N–H and O–H groups in total. The SMILES string of the molecule is COc1cc(C)c(C(Br)c2ccc(F)cc2Br)cc1OC. The van der Waals surface area contributed by atoms with Gasteiger partial charge in [0.2, 0.25) is 0 Å². The molecule has 0 aliphatic heterocycles. The Morgan fingerprint density at radius 1 is 1.00 bits per heavy atom. The van der Waals surface area contributed by atoms with Gasteiger partial charge in [-0.15, -0.1) is 0 Å². The molecule has 21 heavy (non-hydrogen) atoms. The van der Waals surface area contributed by atoms with Gasteiger partial charge in [-0.05, 0) is 47.9 Å². The largest absolute Gasteiger partial charge is 0.493 e. The summed E-state index contributed by atoms with van der Waals surface area (Å²) in [5.41, 5.74) is 3.05. The summed E-state index contributed by atoms with van der Waals surface area (Å²) in [6.07, 6.45) is 0. The second kappa shape index (κ2) is 6.79. The van der Waals surface area contributed by atoms with Crippen molar-refractivity contribution >= 4 is 31.9 Å². The van der Waals surface area contributed by atoms with Crippen LogP contribution >= 0.6 is 31.9 Å². The van der Waals surface area contributed by atoms with Crippen molar-refractivity contribution in [1.29, 1.82) is 0 Å². The van der Waals surface area contributed by atoms with Gasteiger partial charge in [0.15, 0.2) is 11.5 Å². The maximum absolute atomic E-state index is 13.2. The summed E-state index contributed by atoms with van der Waals surface area (Å²) in [5.74, 6) is 1.09. The van der Waals surface area contributed by atoms with Gasteiger partial charge in [-0.1, -0.05) is 37.9 Å². The Balaban J connectivity index is 2.50. The molecule has 2 aromatic carbocycles. The molecule has 1 unspecified atom stereocenters. The minimum atomic E-state index is -0.269. The summed E-state index contributed by atoms with van der Waals surface area (Å²) in [6, 6.07) is 8.53. The van der Waals surface area contributed by atoms with E-state index in [9.17, 15) is 4.39 Å². The van der Waals surface area contributed by atoms with E-state index < -0.39 is 0 Å². The smallest absolute Gasteiger partial charge is 0.161 e. The fourth-order valence-electron chi connectivity index (χ4n) is 2.14. The third kappa shape index (κ3) is 3.40. The zero-order chi connectivity index (χ0) is 15.6. The van der Waals surface area contributed by atoms with Gasteiger partial charge >= 0.3 is 0 Å². The number of ether oxygens (including phenoxy) is 2. The summed E-state index contributed by atoms with van der Waals surface area (Å²) in [6.45, 7) is 2.00. The lowest BCUT2D eigenvalue weighted by Gasteiger charge is -2.18. The minimum absolute atomic E-state index is 0.0766. The fourth-order valence-corrected chi connectivity index (χ4v) is 3.92. The van der Waals surface area contributed by atoms with Crippen LogP contribution < -0.4 is 9.47 Å². The van der Waals surface area contributed by atoms with Crippen molar-refractivity contribution in [1.82, 2.24) is 0 Å². The first-order chi connectivity index (χ1) is 9.97. The molecular formula is C16H15Br2FO2. The van der Waals surface area contributed by atoms with Gasteiger partial charge in [0, 0.05) is 4.47 Å². The molecule has 0 saturated heterocycles. The third-order valence-electron chi connectivity index (χ3n) is 3.28. The molecule has 0 fully saturated rings. The molecule has 2 rings (SSSR count). The van der Waals surface area contributed by atoms with E-state index in [1.54, 1.807) is 20.3 Å². The minimum Gasteiger partial charge on any atom is -0.493 e. The van der Waals surface area contributed by atoms with Crippen LogP contribution in [0.25, 0.3) is 0 Å². The number of alkyl halides is 1. The van der Waals surface area contributed by atoms with E-state index in [4.69, 9.17) is 9.47 Å². The van der Waals surface area contributed by atoms with E-state index >= 15 is 0 Å². The highest BCUT2D eigenvalue weighted by Crippen LogP contribution is 2.41. The summed E-state index contributed by atoms with van der Waals surface area (Å²) < 4.78 is 24.6. The lowest BCUT2D eigenvalue weighted by molar-refractivity contribution is 0.354. The molecule has 0 aliphatic rings. The molecule has 5 heteroatoms. The van der Waals surface area contributed by atoms with E-state index in [1.807, 2.05) is 19.1 Å². The standard InChI is InChI=1S/C16H15Br2FO2/c1-9-6-14(20-2)15(21-3)8-12(9)16(18)11-5-4-10(19)7-13(11)17/h4-8,16H,1-3H3.